The van der Waals surface area contributed by atoms with E-state index in [1.807, 2.05) is 11.2 Å². The molecular formula is C27H28FNO3S. The molecule has 172 valence electrons. The highest BCUT2D eigenvalue weighted by molar-refractivity contribution is 7.82. The largest absolute Gasteiger partial charge is 0.469 e. The molecule has 0 aliphatic carbocycles. The van der Waals surface area contributed by atoms with Crippen molar-refractivity contribution >= 4 is 17.0 Å². The van der Waals surface area contributed by atoms with Crippen LogP contribution in [0, 0.1) is 26.6 Å². The van der Waals surface area contributed by atoms with Crippen molar-refractivity contribution in [3.8, 4) is 11.1 Å². The van der Waals surface area contributed by atoms with Gasteiger partial charge in [-0.05, 0) is 84.3 Å². The van der Waals surface area contributed by atoms with Crippen LogP contribution < -0.4 is 0 Å². The number of carbonyl (C=O) groups is 1. The molecule has 0 bridgehead atoms. The number of rotatable bonds is 5. The standard InChI is InChI=1S/C27H28FNO3S/c1-17-8-10-20(11-9-17)27-19(3)25-16-29(33(31)22-7-5-6-21(28)14-22)13-12-23(25)18(2)24(27)15-26(30)32-4/h5-11,14H,12-13,15-16H2,1-4H3. The van der Waals surface area contributed by atoms with Crippen LogP contribution >= 0.6 is 0 Å². The van der Waals surface area contributed by atoms with Gasteiger partial charge in [0.15, 0.2) is 0 Å². The Kier molecular flexibility index (Phi) is 6.77. The van der Waals surface area contributed by atoms with E-state index in [-0.39, 0.29) is 18.2 Å². The average molecular weight is 466 g/mol. The summed E-state index contributed by atoms with van der Waals surface area (Å²) in [5, 5.41) is 0. The zero-order valence-electron chi connectivity index (χ0n) is 19.4. The molecule has 3 aromatic rings. The minimum absolute atomic E-state index is 0.207. The maximum atomic E-state index is 13.7. The smallest absolute Gasteiger partial charge is 0.310 e. The van der Waals surface area contributed by atoms with Crippen LogP contribution in [0.4, 0.5) is 4.39 Å². The first-order valence-corrected chi connectivity index (χ1v) is 12.1. The first-order valence-electron chi connectivity index (χ1n) is 11.0. The summed E-state index contributed by atoms with van der Waals surface area (Å²) in [6, 6.07) is 14.3. The van der Waals surface area contributed by atoms with E-state index < -0.39 is 11.0 Å². The third-order valence-electron chi connectivity index (χ3n) is 6.47. The topological polar surface area (TPSA) is 46.6 Å². The van der Waals surface area contributed by atoms with Gasteiger partial charge in [-0.1, -0.05) is 35.9 Å². The maximum absolute atomic E-state index is 13.7. The molecule has 4 rings (SSSR count). The van der Waals surface area contributed by atoms with Gasteiger partial charge in [0.05, 0.1) is 18.4 Å². The molecule has 3 aromatic carbocycles. The van der Waals surface area contributed by atoms with Gasteiger partial charge >= 0.3 is 5.97 Å². The van der Waals surface area contributed by atoms with Gasteiger partial charge in [-0.25, -0.2) is 12.9 Å². The summed E-state index contributed by atoms with van der Waals surface area (Å²) in [7, 11) is -0.0424. The quantitative estimate of drug-likeness (QED) is 0.486. The molecule has 0 amide bonds. The zero-order valence-corrected chi connectivity index (χ0v) is 20.2. The highest BCUT2D eigenvalue weighted by Gasteiger charge is 2.28. The second-order valence-electron chi connectivity index (χ2n) is 8.50. The molecule has 0 aromatic heterocycles. The van der Waals surface area contributed by atoms with Gasteiger partial charge in [0.1, 0.15) is 16.8 Å². The van der Waals surface area contributed by atoms with Gasteiger partial charge in [-0.3, -0.25) is 4.79 Å². The van der Waals surface area contributed by atoms with E-state index in [9.17, 15) is 13.4 Å². The second-order valence-corrected chi connectivity index (χ2v) is 9.99. The van der Waals surface area contributed by atoms with Crippen molar-refractivity contribution in [2.75, 3.05) is 13.7 Å². The van der Waals surface area contributed by atoms with Crippen molar-refractivity contribution in [2.45, 2.75) is 45.1 Å². The van der Waals surface area contributed by atoms with Crippen molar-refractivity contribution in [2.24, 2.45) is 0 Å². The number of halogens is 1. The Hall–Kier alpha value is -2.83. The summed E-state index contributed by atoms with van der Waals surface area (Å²) in [6.45, 7) is 7.28. The molecule has 0 N–H and O–H groups in total. The number of esters is 1. The first kappa shape index (κ1) is 23.3. The summed E-state index contributed by atoms with van der Waals surface area (Å²) in [5.41, 5.74) is 8.75. The number of hydrogen-bond donors (Lipinski definition) is 0. The van der Waals surface area contributed by atoms with Crippen molar-refractivity contribution in [3.05, 3.63) is 87.7 Å². The lowest BCUT2D eigenvalue weighted by atomic mass is 9.81. The third-order valence-corrected chi connectivity index (χ3v) is 7.90. The Morgan fingerprint density at radius 2 is 1.79 bits per heavy atom. The summed E-state index contributed by atoms with van der Waals surface area (Å²) < 4.78 is 33.8. The molecule has 1 unspecified atom stereocenters. The van der Waals surface area contributed by atoms with Gasteiger partial charge in [0, 0.05) is 13.1 Å². The maximum Gasteiger partial charge on any atom is 0.310 e. The lowest BCUT2D eigenvalue weighted by Gasteiger charge is -2.32. The third kappa shape index (κ3) is 4.63. The van der Waals surface area contributed by atoms with Crippen LogP contribution in [0.3, 0.4) is 0 Å². The molecule has 1 atom stereocenters. The highest BCUT2D eigenvalue weighted by Crippen LogP contribution is 2.38. The Morgan fingerprint density at radius 3 is 2.45 bits per heavy atom. The van der Waals surface area contributed by atoms with Gasteiger partial charge in [-0.15, -0.1) is 0 Å². The monoisotopic (exact) mass is 465 g/mol. The zero-order chi connectivity index (χ0) is 23.7. The van der Waals surface area contributed by atoms with Crippen LogP contribution in [0.1, 0.15) is 33.4 Å². The number of fused-ring (bicyclic) bond motifs is 1. The average Bonchev–Trinajstić information content (AvgIpc) is 2.82. The van der Waals surface area contributed by atoms with Crippen LogP contribution in [0.5, 0.6) is 0 Å². The molecule has 6 heteroatoms. The van der Waals surface area contributed by atoms with E-state index in [0.29, 0.717) is 24.4 Å². The fraction of sp³-hybridized carbons (Fsp3) is 0.296. The summed E-state index contributed by atoms with van der Waals surface area (Å²) in [5.74, 6) is -0.658. The lowest BCUT2D eigenvalue weighted by molar-refractivity contribution is -0.139. The molecule has 0 spiro atoms. The van der Waals surface area contributed by atoms with Crippen LogP contribution in [0.25, 0.3) is 11.1 Å². The van der Waals surface area contributed by atoms with Gasteiger partial charge in [0.2, 0.25) is 0 Å². The van der Waals surface area contributed by atoms with Gasteiger partial charge in [0.25, 0.3) is 0 Å². The lowest BCUT2D eigenvalue weighted by Crippen LogP contribution is -2.33. The molecule has 1 aliphatic heterocycles. The number of aryl methyl sites for hydroxylation is 1. The molecule has 1 aliphatic rings. The molecule has 0 saturated heterocycles. The van der Waals surface area contributed by atoms with E-state index in [1.165, 1.54) is 24.8 Å². The van der Waals surface area contributed by atoms with E-state index in [1.54, 1.807) is 12.1 Å². The summed E-state index contributed by atoms with van der Waals surface area (Å²) in [4.78, 5) is 12.7. The normalized spacial score (nSPS) is 14.6. The predicted octanol–water partition coefficient (Wildman–Crippen LogP) is 5.21. The van der Waals surface area contributed by atoms with Crippen LogP contribution in [-0.4, -0.2) is 28.1 Å². The number of nitrogens with zero attached hydrogens (tertiary/aromatic N) is 1. The van der Waals surface area contributed by atoms with Crippen molar-refractivity contribution in [1.29, 1.82) is 0 Å². The SMILES string of the molecule is COC(=O)Cc1c(C)c2c(c(C)c1-c1ccc(C)cc1)CN(S(=O)c1cccc(F)c1)CC2. The van der Waals surface area contributed by atoms with E-state index >= 15 is 0 Å². The Balaban J connectivity index is 1.81. The predicted molar refractivity (Wildman–Crippen MR) is 129 cm³/mol. The van der Waals surface area contributed by atoms with Crippen molar-refractivity contribution in [1.82, 2.24) is 4.31 Å². The fourth-order valence-corrected chi connectivity index (χ4v) is 5.87. The van der Waals surface area contributed by atoms with Gasteiger partial charge < -0.3 is 4.74 Å². The Labute approximate surface area is 197 Å². The second kappa shape index (κ2) is 9.57. The Bertz CT molecular complexity index is 1240. The van der Waals surface area contributed by atoms with E-state index in [4.69, 9.17) is 4.74 Å². The number of methoxy groups -OCH3 is 1. The van der Waals surface area contributed by atoms with Crippen molar-refractivity contribution < 1.29 is 18.1 Å². The molecule has 1 heterocycles. The minimum atomic E-state index is -1.45. The Morgan fingerprint density at radius 1 is 1.06 bits per heavy atom. The molecule has 0 saturated carbocycles. The molecular weight excluding hydrogens is 437 g/mol. The van der Waals surface area contributed by atoms with Crippen LogP contribution in [-0.2, 0) is 39.9 Å². The van der Waals surface area contributed by atoms with Crippen molar-refractivity contribution in [3.63, 3.8) is 0 Å². The minimum Gasteiger partial charge on any atom is -0.469 e. The van der Waals surface area contributed by atoms with E-state index in [0.717, 1.165) is 38.9 Å². The van der Waals surface area contributed by atoms with E-state index in [2.05, 4.69) is 38.1 Å². The number of carbonyl (C=O) groups excluding carboxylic acids is 1. The molecule has 0 radical (unpaired) electrons. The van der Waals surface area contributed by atoms with Gasteiger partial charge in [-0.2, -0.15) is 0 Å². The molecule has 4 nitrogen and oxygen atoms in total. The first-order chi connectivity index (χ1) is 15.8. The fourth-order valence-electron chi connectivity index (χ4n) is 4.66. The number of ether oxygens (including phenoxy) is 1. The molecule has 33 heavy (non-hydrogen) atoms. The number of hydrogen-bond acceptors (Lipinski definition) is 3. The number of benzene rings is 3. The van der Waals surface area contributed by atoms with Crippen LogP contribution in [0.15, 0.2) is 53.4 Å². The van der Waals surface area contributed by atoms with Crippen LogP contribution in [0.2, 0.25) is 0 Å². The summed E-state index contributed by atoms with van der Waals surface area (Å²) >= 11 is 0. The summed E-state index contributed by atoms with van der Waals surface area (Å²) in [6.07, 6.45) is 0.921. The highest BCUT2D eigenvalue weighted by atomic mass is 32.2. The molecule has 0 fully saturated rings.